The number of benzene rings is 7. The molecule has 7 heteroatoms. The summed E-state index contributed by atoms with van der Waals surface area (Å²) in [6.07, 6.45) is 15.7. The van der Waals surface area contributed by atoms with Gasteiger partial charge in [0.05, 0.1) is 17.5 Å². The van der Waals surface area contributed by atoms with E-state index in [1.54, 1.807) is 0 Å². The van der Waals surface area contributed by atoms with Crippen molar-refractivity contribution in [2.45, 2.75) is 92.9 Å². The molecule has 0 aliphatic carbocycles. The molecule has 7 aromatic carbocycles. The Balaban J connectivity index is 0.000000242. The SMILES string of the molecule is CC(C)c1cccc(C(C)C)c1-n1ccnc1-c1[c-]cccc1.Cc1cccc(C)c1-n1ccnc1-c1[c-]cc(CCc2cccc(CCc3c[c-]c(-c4nccn4-c4c(C)cccc4C)cc3)c2)cc1.[Ir]. The van der Waals surface area contributed by atoms with E-state index in [2.05, 4.69) is 230 Å². The van der Waals surface area contributed by atoms with Crippen LogP contribution in [0.4, 0.5) is 0 Å². The van der Waals surface area contributed by atoms with E-state index < -0.39 is 0 Å². The van der Waals surface area contributed by atoms with Gasteiger partial charge in [-0.25, -0.2) is 0 Å². The van der Waals surface area contributed by atoms with Crippen LogP contribution in [0.25, 0.3) is 51.2 Å². The number of rotatable bonds is 14. The summed E-state index contributed by atoms with van der Waals surface area (Å²) in [5.41, 5.74) is 19.6. The third kappa shape index (κ3) is 11.4. The first-order valence-electron chi connectivity index (χ1n) is 25.0. The van der Waals surface area contributed by atoms with Crippen LogP contribution in [0.5, 0.6) is 0 Å². The van der Waals surface area contributed by atoms with E-state index >= 15 is 0 Å². The molecular weight excluding hydrogens is 1060 g/mol. The zero-order chi connectivity index (χ0) is 49.4. The Morgan fingerprint density at radius 1 is 0.403 bits per heavy atom. The van der Waals surface area contributed by atoms with Gasteiger partial charge in [-0.3, -0.25) is 15.0 Å². The van der Waals surface area contributed by atoms with Crippen LogP contribution in [0.15, 0.2) is 177 Å². The third-order valence-corrected chi connectivity index (χ3v) is 13.4. The summed E-state index contributed by atoms with van der Waals surface area (Å²) in [5.74, 6) is 3.70. The van der Waals surface area contributed by atoms with Crippen molar-refractivity contribution in [3.05, 3.63) is 251 Å². The number of imidazole rings is 3. The molecule has 0 saturated carbocycles. The van der Waals surface area contributed by atoms with Crippen LogP contribution in [-0.2, 0) is 45.8 Å². The van der Waals surface area contributed by atoms with Gasteiger partial charge in [0.15, 0.2) is 0 Å². The van der Waals surface area contributed by atoms with Crippen LogP contribution in [0.2, 0.25) is 0 Å². The Hall–Kier alpha value is -7.18. The van der Waals surface area contributed by atoms with Crippen LogP contribution in [-0.4, -0.2) is 28.7 Å². The molecule has 10 aromatic rings. The number of para-hydroxylation sites is 3. The van der Waals surface area contributed by atoms with Gasteiger partial charge in [0.1, 0.15) is 0 Å². The fraction of sp³-hybridized carbons (Fsp3) is 0.215. The van der Waals surface area contributed by atoms with E-state index in [9.17, 15) is 0 Å². The monoisotopic (exact) mass is 1120 g/mol. The molecule has 6 nitrogen and oxygen atoms in total. The minimum Gasteiger partial charge on any atom is -0.340 e. The first-order valence-corrected chi connectivity index (χ1v) is 25.0. The molecule has 0 unspecified atom stereocenters. The van der Waals surface area contributed by atoms with Crippen LogP contribution in [0.3, 0.4) is 0 Å². The average Bonchev–Trinajstić information content (AvgIpc) is 4.19. The van der Waals surface area contributed by atoms with Gasteiger partial charge in [0.25, 0.3) is 0 Å². The number of nitrogens with zero attached hydrogens (tertiary/aromatic N) is 6. The molecule has 0 N–H and O–H groups in total. The van der Waals surface area contributed by atoms with Gasteiger partial charge in [0.2, 0.25) is 0 Å². The third-order valence-electron chi connectivity index (χ3n) is 13.4. The van der Waals surface area contributed by atoms with Crippen LogP contribution >= 0.6 is 0 Å². The molecule has 365 valence electrons. The van der Waals surface area contributed by atoms with Crippen molar-refractivity contribution < 1.29 is 20.1 Å². The second-order valence-corrected chi connectivity index (χ2v) is 19.3. The van der Waals surface area contributed by atoms with Crippen molar-refractivity contribution in [2.24, 2.45) is 0 Å². The molecule has 0 fully saturated rings. The van der Waals surface area contributed by atoms with Gasteiger partial charge in [-0.15, -0.1) is 107 Å². The van der Waals surface area contributed by atoms with E-state index in [1.165, 1.54) is 72.7 Å². The van der Waals surface area contributed by atoms with Crippen molar-refractivity contribution in [1.82, 2.24) is 28.7 Å². The first-order chi connectivity index (χ1) is 34.5. The van der Waals surface area contributed by atoms with Crippen LogP contribution in [0.1, 0.15) is 95.2 Å². The van der Waals surface area contributed by atoms with E-state index in [4.69, 9.17) is 0 Å². The minimum atomic E-state index is 0. The number of hydrogen-bond donors (Lipinski definition) is 0. The molecule has 3 heterocycles. The molecule has 0 bridgehead atoms. The second-order valence-electron chi connectivity index (χ2n) is 19.3. The predicted molar refractivity (Wildman–Crippen MR) is 292 cm³/mol. The first kappa shape index (κ1) is 51.2. The maximum Gasteiger partial charge on any atom is 0.0602 e. The smallest absolute Gasteiger partial charge is 0.0602 e. The molecule has 0 spiro atoms. The van der Waals surface area contributed by atoms with Gasteiger partial charge in [-0.2, -0.15) is 0 Å². The molecule has 0 amide bonds. The van der Waals surface area contributed by atoms with E-state index in [0.29, 0.717) is 11.8 Å². The Labute approximate surface area is 440 Å². The molecule has 0 saturated heterocycles. The van der Waals surface area contributed by atoms with Gasteiger partial charge < -0.3 is 13.7 Å². The second kappa shape index (κ2) is 23.4. The predicted octanol–water partition coefficient (Wildman–Crippen LogP) is 15.4. The summed E-state index contributed by atoms with van der Waals surface area (Å²) >= 11 is 0. The Bertz CT molecular complexity index is 3130. The van der Waals surface area contributed by atoms with Crippen molar-refractivity contribution in [3.8, 4) is 51.2 Å². The van der Waals surface area contributed by atoms with Crippen LogP contribution in [0, 0.1) is 45.9 Å². The largest absolute Gasteiger partial charge is 0.340 e. The molecule has 0 aliphatic rings. The Morgan fingerprint density at radius 2 is 0.792 bits per heavy atom. The van der Waals surface area contributed by atoms with Crippen molar-refractivity contribution in [2.75, 3.05) is 0 Å². The summed E-state index contributed by atoms with van der Waals surface area (Å²) in [6.45, 7) is 17.6. The topological polar surface area (TPSA) is 53.5 Å². The molecular formula is C65H63IrN6-3. The quantitative estimate of drug-likeness (QED) is 0.102. The molecule has 3 aromatic heterocycles. The summed E-state index contributed by atoms with van der Waals surface area (Å²) in [5, 5.41) is 0. The van der Waals surface area contributed by atoms with E-state index in [0.717, 1.165) is 59.8 Å². The molecule has 0 aliphatic heterocycles. The summed E-state index contributed by atoms with van der Waals surface area (Å²) < 4.78 is 6.57. The Kier molecular flexibility index (Phi) is 16.6. The van der Waals surface area contributed by atoms with Crippen molar-refractivity contribution >= 4 is 0 Å². The maximum atomic E-state index is 4.68. The zero-order valence-electron chi connectivity index (χ0n) is 42.7. The standard InChI is InChI=1S/C44H40N4.C21H23N2.Ir/c1-31-8-5-9-32(2)41(31)47-28-26-45-43(47)39-22-18-35(19-23-39)14-16-37-12-7-13-38(30-37)17-15-36-20-24-40(25-21-36)44-46-27-29-48(44)42-33(3)10-6-11-34(42)4;1-15(2)18-11-8-12-19(16(3)4)20(18)23-14-13-22-21(23)17-9-6-5-7-10-17;/h5-13,18-22,24,26-30H,14-17H2,1-4H3;5-9,11-16H,1-4H3;/q-2;-1;. The van der Waals surface area contributed by atoms with E-state index in [-0.39, 0.29) is 20.1 Å². The fourth-order valence-electron chi connectivity index (χ4n) is 9.76. The fourth-order valence-corrected chi connectivity index (χ4v) is 9.76. The van der Waals surface area contributed by atoms with Crippen LogP contribution < -0.4 is 0 Å². The normalized spacial score (nSPS) is 11.1. The van der Waals surface area contributed by atoms with Gasteiger partial charge in [-0.1, -0.05) is 119 Å². The molecule has 10 rings (SSSR count). The average molecular weight is 1120 g/mol. The summed E-state index contributed by atoms with van der Waals surface area (Å²) in [6, 6.07) is 59.8. The molecule has 0 atom stereocenters. The Morgan fingerprint density at radius 3 is 1.18 bits per heavy atom. The van der Waals surface area contributed by atoms with Gasteiger partial charge in [0, 0.05) is 74.3 Å². The van der Waals surface area contributed by atoms with Crippen molar-refractivity contribution in [3.63, 3.8) is 0 Å². The minimum absolute atomic E-state index is 0. The summed E-state index contributed by atoms with van der Waals surface area (Å²) in [7, 11) is 0. The van der Waals surface area contributed by atoms with Gasteiger partial charge in [-0.05, 0) is 96.9 Å². The molecule has 1 radical (unpaired) electrons. The van der Waals surface area contributed by atoms with Gasteiger partial charge >= 0.3 is 0 Å². The number of hydrogen-bond acceptors (Lipinski definition) is 3. The maximum absolute atomic E-state index is 4.68. The number of aromatic nitrogens is 6. The zero-order valence-corrected chi connectivity index (χ0v) is 45.1. The molecule has 72 heavy (non-hydrogen) atoms. The number of aryl methyl sites for hydroxylation is 8. The van der Waals surface area contributed by atoms with E-state index in [1.807, 2.05) is 49.2 Å². The van der Waals surface area contributed by atoms with Crippen molar-refractivity contribution in [1.29, 1.82) is 0 Å². The summed E-state index contributed by atoms with van der Waals surface area (Å²) in [4.78, 5) is 14.0.